The fourth-order valence-electron chi connectivity index (χ4n) is 3.60. The summed E-state index contributed by atoms with van der Waals surface area (Å²) in [5.41, 5.74) is 0. The summed E-state index contributed by atoms with van der Waals surface area (Å²) in [6.07, 6.45) is 14.0. The summed E-state index contributed by atoms with van der Waals surface area (Å²) in [6.45, 7) is 2.29. The van der Waals surface area contributed by atoms with Gasteiger partial charge in [-0.15, -0.1) is 0 Å². The quantitative estimate of drug-likeness (QED) is 0.241. The van der Waals surface area contributed by atoms with Gasteiger partial charge in [0.2, 0.25) is 0 Å². The Labute approximate surface area is 176 Å². The number of thiocarbonyl (C=S) groups is 1. The Morgan fingerprint density at radius 1 is 0.929 bits per heavy atom. The highest BCUT2D eigenvalue weighted by Gasteiger charge is 2.39. The molecule has 6 heteroatoms. The first-order valence-corrected chi connectivity index (χ1v) is 11.8. The maximum Gasteiger partial charge on any atom is 0.159 e. The lowest BCUT2D eigenvalue weighted by molar-refractivity contribution is -0.0663. The van der Waals surface area contributed by atoms with E-state index >= 15 is 0 Å². The van der Waals surface area contributed by atoms with Crippen LogP contribution in [-0.4, -0.2) is 58.0 Å². The number of unbranched alkanes of at least 4 members (excludes halogenated alkanes) is 12. The molecule has 28 heavy (non-hydrogen) atoms. The van der Waals surface area contributed by atoms with Crippen LogP contribution in [-0.2, 0) is 9.47 Å². The monoisotopic (exact) mass is 418 g/mol. The SMILES string of the molecule is CCCCCCCCCCCCCCCC(=S)OC[C@H](O)[C@H]1OC[C@@H](O)[C@H]1O. The zero-order chi connectivity index (χ0) is 20.6. The summed E-state index contributed by atoms with van der Waals surface area (Å²) in [5, 5.41) is 29.6. The van der Waals surface area contributed by atoms with Crippen molar-refractivity contribution in [3.8, 4) is 0 Å². The Bertz CT molecular complexity index is 393. The number of ether oxygens (including phenoxy) is 2. The van der Waals surface area contributed by atoms with E-state index < -0.39 is 24.4 Å². The Morgan fingerprint density at radius 3 is 1.89 bits per heavy atom. The molecule has 0 amide bonds. The molecule has 0 saturated carbocycles. The summed E-state index contributed by atoms with van der Waals surface area (Å²) in [7, 11) is 0. The average molecular weight is 419 g/mol. The molecule has 0 aromatic carbocycles. The number of aliphatic hydroxyl groups is 3. The Kier molecular flexibility index (Phi) is 15.2. The van der Waals surface area contributed by atoms with Gasteiger partial charge in [0.15, 0.2) is 5.05 Å². The van der Waals surface area contributed by atoms with Crippen molar-refractivity contribution in [2.45, 2.75) is 121 Å². The van der Waals surface area contributed by atoms with E-state index in [1.54, 1.807) is 0 Å². The minimum Gasteiger partial charge on any atom is -0.484 e. The lowest BCUT2D eigenvalue weighted by Gasteiger charge is -2.21. The van der Waals surface area contributed by atoms with E-state index in [9.17, 15) is 15.3 Å². The molecular weight excluding hydrogens is 376 g/mol. The van der Waals surface area contributed by atoms with E-state index in [1.807, 2.05) is 0 Å². The average Bonchev–Trinajstić information content (AvgIpc) is 3.02. The van der Waals surface area contributed by atoms with Gasteiger partial charge in [0.25, 0.3) is 0 Å². The van der Waals surface area contributed by atoms with Crippen molar-refractivity contribution >= 4 is 17.3 Å². The second kappa shape index (κ2) is 16.5. The maximum absolute atomic E-state index is 9.99. The molecule has 1 heterocycles. The first-order valence-electron chi connectivity index (χ1n) is 11.4. The van der Waals surface area contributed by atoms with Crippen LogP contribution >= 0.6 is 12.2 Å². The van der Waals surface area contributed by atoms with Crippen molar-refractivity contribution in [3.63, 3.8) is 0 Å². The smallest absolute Gasteiger partial charge is 0.159 e. The standard InChI is InChI=1S/C22H42O5S/c1-2-3-4-5-6-7-8-9-10-11-12-13-14-15-20(28)26-17-19(24)22-21(25)18(23)16-27-22/h18-19,21-25H,2-17H2,1H3/t18-,19+,21-,22-/m1/s1. The molecule has 1 aliphatic rings. The topological polar surface area (TPSA) is 79.2 Å². The summed E-state index contributed by atoms with van der Waals surface area (Å²) in [5.74, 6) is 0. The molecule has 3 N–H and O–H groups in total. The van der Waals surface area contributed by atoms with Crippen LogP contribution in [0.5, 0.6) is 0 Å². The summed E-state index contributed by atoms with van der Waals surface area (Å²) in [6, 6.07) is 0. The predicted octanol–water partition coefficient (Wildman–Crippen LogP) is 4.29. The lowest BCUT2D eigenvalue weighted by atomic mass is 10.0. The van der Waals surface area contributed by atoms with Crippen molar-refractivity contribution < 1.29 is 24.8 Å². The molecule has 0 aliphatic carbocycles. The molecule has 1 fully saturated rings. The number of rotatable bonds is 17. The molecule has 5 nitrogen and oxygen atoms in total. The fourth-order valence-corrected chi connectivity index (χ4v) is 3.81. The third kappa shape index (κ3) is 11.7. The van der Waals surface area contributed by atoms with E-state index in [4.69, 9.17) is 21.7 Å². The molecule has 0 aromatic heterocycles. The summed E-state index contributed by atoms with van der Waals surface area (Å²) in [4.78, 5) is 0. The van der Waals surface area contributed by atoms with Gasteiger partial charge in [-0.1, -0.05) is 84.0 Å². The van der Waals surface area contributed by atoms with Gasteiger partial charge in [0.1, 0.15) is 31.0 Å². The van der Waals surface area contributed by atoms with Crippen LogP contribution in [0.4, 0.5) is 0 Å². The van der Waals surface area contributed by atoms with Crippen LogP contribution < -0.4 is 0 Å². The largest absolute Gasteiger partial charge is 0.484 e. The van der Waals surface area contributed by atoms with Crippen molar-refractivity contribution in [1.82, 2.24) is 0 Å². The van der Waals surface area contributed by atoms with Crippen LogP contribution in [0.15, 0.2) is 0 Å². The fraction of sp³-hybridized carbons (Fsp3) is 0.955. The molecular formula is C22H42O5S. The van der Waals surface area contributed by atoms with Gasteiger partial charge in [0, 0.05) is 6.42 Å². The number of hydrogen-bond acceptors (Lipinski definition) is 6. The third-order valence-electron chi connectivity index (χ3n) is 5.47. The van der Waals surface area contributed by atoms with Crippen molar-refractivity contribution in [2.24, 2.45) is 0 Å². The van der Waals surface area contributed by atoms with Gasteiger partial charge in [0.05, 0.1) is 6.61 Å². The minimum atomic E-state index is -1.08. The zero-order valence-electron chi connectivity index (χ0n) is 17.7. The van der Waals surface area contributed by atoms with Gasteiger partial charge >= 0.3 is 0 Å². The maximum atomic E-state index is 9.99. The van der Waals surface area contributed by atoms with Crippen LogP contribution in [0.2, 0.25) is 0 Å². The molecule has 1 saturated heterocycles. The highest BCUT2D eigenvalue weighted by atomic mass is 32.1. The van der Waals surface area contributed by atoms with Gasteiger partial charge in [-0.3, -0.25) is 0 Å². The van der Waals surface area contributed by atoms with Crippen LogP contribution in [0.1, 0.15) is 96.8 Å². The lowest BCUT2D eigenvalue weighted by Crippen LogP contribution is -2.41. The molecule has 1 rings (SSSR count). The van der Waals surface area contributed by atoms with Gasteiger partial charge in [-0.2, -0.15) is 0 Å². The normalized spacial score (nSPS) is 23.1. The van der Waals surface area contributed by atoms with E-state index in [0.717, 1.165) is 19.3 Å². The van der Waals surface area contributed by atoms with Crippen molar-refractivity contribution in [3.05, 3.63) is 0 Å². The second-order valence-corrected chi connectivity index (χ2v) is 8.55. The first-order chi connectivity index (χ1) is 13.6. The first kappa shape index (κ1) is 25.8. The molecule has 0 bridgehead atoms. The molecule has 166 valence electrons. The Balaban J connectivity index is 1.86. The van der Waals surface area contributed by atoms with E-state index in [2.05, 4.69) is 6.92 Å². The third-order valence-corrected chi connectivity index (χ3v) is 5.79. The molecule has 0 aromatic rings. The number of hydrogen-bond donors (Lipinski definition) is 3. The second-order valence-electron chi connectivity index (χ2n) is 8.10. The molecule has 0 radical (unpaired) electrons. The predicted molar refractivity (Wildman–Crippen MR) is 117 cm³/mol. The summed E-state index contributed by atoms with van der Waals surface area (Å²) >= 11 is 5.20. The molecule has 1 aliphatic heterocycles. The number of aliphatic hydroxyl groups excluding tert-OH is 3. The highest BCUT2D eigenvalue weighted by Crippen LogP contribution is 2.18. The Morgan fingerprint density at radius 2 is 1.43 bits per heavy atom. The van der Waals surface area contributed by atoms with E-state index in [-0.39, 0.29) is 13.2 Å². The highest BCUT2D eigenvalue weighted by molar-refractivity contribution is 7.80. The minimum absolute atomic E-state index is 0.00821. The van der Waals surface area contributed by atoms with Gasteiger partial charge in [-0.05, 0) is 18.6 Å². The molecule has 4 atom stereocenters. The van der Waals surface area contributed by atoms with Crippen molar-refractivity contribution in [1.29, 1.82) is 0 Å². The molecule has 0 unspecified atom stereocenters. The van der Waals surface area contributed by atoms with E-state index in [0.29, 0.717) is 5.05 Å². The van der Waals surface area contributed by atoms with Gasteiger partial charge < -0.3 is 24.8 Å². The Hall–Kier alpha value is -0.270. The zero-order valence-corrected chi connectivity index (χ0v) is 18.5. The van der Waals surface area contributed by atoms with E-state index in [1.165, 1.54) is 70.6 Å². The van der Waals surface area contributed by atoms with Crippen LogP contribution in [0.25, 0.3) is 0 Å². The molecule has 0 spiro atoms. The van der Waals surface area contributed by atoms with Crippen LogP contribution in [0.3, 0.4) is 0 Å². The van der Waals surface area contributed by atoms with Gasteiger partial charge in [-0.25, -0.2) is 0 Å². The summed E-state index contributed by atoms with van der Waals surface area (Å²) < 4.78 is 10.6. The van der Waals surface area contributed by atoms with Crippen LogP contribution in [0, 0.1) is 0 Å². The van der Waals surface area contributed by atoms with Crippen molar-refractivity contribution in [2.75, 3.05) is 13.2 Å².